The Labute approximate surface area is 364 Å². The van der Waals surface area contributed by atoms with Crippen LogP contribution in [0.15, 0.2) is 206 Å². The molecule has 2 heterocycles. The number of benzene rings is 10. The molecule has 0 saturated carbocycles. The summed E-state index contributed by atoms with van der Waals surface area (Å²) in [6.07, 6.45) is 0. The van der Waals surface area contributed by atoms with Crippen molar-refractivity contribution in [3.05, 3.63) is 229 Å². The Morgan fingerprint density at radius 1 is 0.306 bits per heavy atom. The molecule has 2 aliphatic rings. The third-order valence-electron chi connectivity index (χ3n) is 14.0. The van der Waals surface area contributed by atoms with Gasteiger partial charge < -0.3 is 9.80 Å². The summed E-state index contributed by atoms with van der Waals surface area (Å²) < 4.78 is 0. The molecule has 10 aromatic carbocycles. The number of hydrogen-bond donors (Lipinski definition) is 0. The minimum Gasteiger partial charge on any atom is -0.310 e. The molecule has 2 heteroatoms. The highest BCUT2D eigenvalue weighted by molar-refractivity contribution is 6.24. The van der Waals surface area contributed by atoms with E-state index in [2.05, 4.69) is 244 Å². The van der Waals surface area contributed by atoms with Gasteiger partial charge in [-0.3, -0.25) is 0 Å². The van der Waals surface area contributed by atoms with Crippen molar-refractivity contribution in [3.63, 3.8) is 0 Å². The van der Waals surface area contributed by atoms with Gasteiger partial charge in [-0.05, 0) is 125 Å². The molecule has 12 rings (SSSR count). The van der Waals surface area contributed by atoms with E-state index in [9.17, 15) is 0 Å². The van der Waals surface area contributed by atoms with Crippen molar-refractivity contribution in [1.29, 1.82) is 0 Å². The van der Waals surface area contributed by atoms with Crippen molar-refractivity contribution < 1.29 is 0 Å². The maximum Gasteiger partial charge on any atom is 0.0502 e. The highest BCUT2D eigenvalue weighted by atomic mass is 15.2. The zero-order chi connectivity index (χ0) is 41.7. The average Bonchev–Trinajstić information content (AvgIpc) is 3.31. The molecule has 10 aromatic rings. The maximum absolute atomic E-state index is 2.49. The molecule has 2 nitrogen and oxygen atoms in total. The van der Waals surface area contributed by atoms with Crippen molar-refractivity contribution in [2.45, 2.75) is 38.5 Å². The zero-order valence-corrected chi connectivity index (χ0v) is 35.5. The molecular weight excluding hydrogens is 749 g/mol. The number of anilines is 6. The van der Waals surface area contributed by atoms with E-state index in [0.29, 0.717) is 0 Å². The molecule has 0 bridgehead atoms. The molecule has 2 aliphatic heterocycles. The van der Waals surface area contributed by atoms with E-state index in [1.54, 1.807) is 0 Å². The summed E-state index contributed by atoms with van der Waals surface area (Å²) in [5.41, 5.74) is 17.1. The Morgan fingerprint density at radius 2 is 0.710 bits per heavy atom. The molecule has 0 aliphatic carbocycles. The number of para-hydroxylation sites is 4. The van der Waals surface area contributed by atoms with E-state index in [0.717, 1.165) is 11.4 Å². The molecule has 0 saturated heterocycles. The van der Waals surface area contributed by atoms with Gasteiger partial charge in [-0.15, -0.1) is 0 Å². The lowest BCUT2D eigenvalue weighted by atomic mass is 9.73. The van der Waals surface area contributed by atoms with Crippen LogP contribution in [0.3, 0.4) is 0 Å². The fraction of sp³-hybridized carbons (Fsp3) is 0.100. The first kappa shape index (κ1) is 36.4. The van der Waals surface area contributed by atoms with E-state index in [1.807, 2.05) is 0 Å². The Kier molecular flexibility index (Phi) is 7.96. The zero-order valence-electron chi connectivity index (χ0n) is 35.5. The van der Waals surface area contributed by atoms with Crippen LogP contribution in [0.25, 0.3) is 54.6 Å². The Hall–Kier alpha value is -7.42. The Bertz CT molecular complexity index is 3160. The van der Waals surface area contributed by atoms with Gasteiger partial charge in [-0.2, -0.15) is 0 Å². The summed E-state index contributed by atoms with van der Waals surface area (Å²) in [6.45, 7) is 9.43. The Morgan fingerprint density at radius 3 is 1.19 bits per heavy atom. The highest BCUT2D eigenvalue weighted by Crippen LogP contribution is 2.55. The van der Waals surface area contributed by atoms with E-state index in [1.165, 1.54) is 99.6 Å². The number of fused-ring (bicyclic) bond motifs is 7. The van der Waals surface area contributed by atoms with E-state index in [-0.39, 0.29) is 10.8 Å². The predicted octanol–water partition coefficient (Wildman–Crippen LogP) is 16.7. The summed E-state index contributed by atoms with van der Waals surface area (Å²) >= 11 is 0. The standard InChI is InChI=1S/C60H46N2/c1-59(2)49-25-10-14-29-53(49)61(54-30-15-11-26-50(54)59)41-33-35-45-47(37-41)57(40-20-6-5-7-21-40)48-38-42(34-36-46(48)58(45)44-24-18-22-39-19-8-9-23-43(39)44)62-55-31-16-12-27-51(55)60(3,4)52-28-13-17-32-56(52)62/h5-38H,1-4H3. The number of nitrogens with zero attached hydrogens (tertiary/aromatic N) is 2. The summed E-state index contributed by atoms with van der Waals surface area (Å²) in [6, 6.07) is 76.9. The predicted molar refractivity (Wildman–Crippen MR) is 263 cm³/mol. The first-order valence-electron chi connectivity index (χ1n) is 21.9. The second-order valence-electron chi connectivity index (χ2n) is 18.1. The SMILES string of the molecule is CC1(C)c2ccccc2N(c2ccc3c(-c4cccc5ccccc45)c4ccc(N5c6ccccc6C(C)(C)c6ccccc65)cc4c(-c4ccccc4)c3c2)c2ccccc21. The monoisotopic (exact) mass is 794 g/mol. The van der Waals surface area contributed by atoms with Crippen LogP contribution in [0.1, 0.15) is 49.9 Å². The quantitative estimate of drug-likeness (QED) is 0.164. The minimum absolute atomic E-state index is 0.148. The Balaban J connectivity index is 1.21. The van der Waals surface area contributed by atoms with Crippen LogP contribution in [-0.4, -0.2) is 0 Å². The van der Waals surface area contributed by atoms with Crippen molar-refractivity contribution in [1.82, 2.24) is 0 Å². The molecule has 296 valence electrons. The minimum atomic E-state index is -0.148. The van der Waals surface area contributed by atoms with Crippen LogP contribution in [0.5, 0.6) is 0 Å². The van der Waals surface area contributed by atoms with Crippen LogP contribution < -0.4 is 9.80 Å². The first-order chi connectivity index (χ1) is 30.3. The average molecular weight is 795 g/mol. The topological polar surface area (TPSA) is 6.48 Å². The molecule has 0 N–H and O–H groups in total. The van der Waals surface area contributed by atoms with Gasteiger partial charge in [0.1, 0.15) is 0 Å². The fourth-order valence-corrected chi connectivity index (χ4v) is 11.0. The molecule has 0 fully saturated rings. The van der Waals surface area contributed by atoms with Crippen LogP contribution in [-0.2, 0) is 10.8 Å². The number of hydrogen-bond acceptors (Lipinski definition) is 2. The van der Waals surface area contributed by atoms with Gasteiger partial charge in [0.15, 0.2) is 0 Å². The molecule has 0 radical (unpaired) electrons. The van der Waals surface area contributed by atoms with E-state index < -0.39 is 0 Å². The van der Waals surface area contributed by atoms with Gasteiger partial charge in [0.25, 0.3) is 0 Å². The molecule has 62 heavy (non-hydrogen) atoms. The lowest BCUT2D eigenvalue weighted by molar-refractivity contribution is 0.632. The highest BCUT2D eigenvalue weighted by Gasteiger charge is 2.38. The van der Waals surface area contributed by atoms with Crippen LogP contribution in [0, 0.1) is 0 Å². The fourth-order valence-electron chi connectivity index (χ4n) is 11.0. The molecule has 0 atom stereocenters. The molecular formula is C60H46N2. The largest absolute Gasteiger partial charge is 0.310 e. The number of rotatable bonds is 4. The first-order valence-corrected chi connectivity index (χ1v) is 21.9. The lowest BCUT2D eigenvalue weighted by Gasteiger charge is -2.42. The summed E-state index contributed by atoms with van der Waals surface area (Å²) in [7, 11) is 0. The van der Waals surface area contributed by atoms with E-state index >= 15 is 0 Å². The second kappa shape index (κ2) is 13.5. The van der Waals surface area contributed by atoms with Crippen LogP contribution in [0.4, 0.5) is 34.1 Å². The van der Waals surface area contributed by atoms with Gasteiger partial charge in [-0.25, -0.2) is 0 Å². The van der Waals surface area contributed by atoms with Gasteiger partial charge in [0, 0.05) is 22.2 Å². The molecule has 0 amide bonds. The molecule has 0 unspecified atom stereocenters. The van der Waals surface area contributed by atoms with Gasteiger partial charge in [-0.1, -0.05) is 185 Å². The molecule has 0 spiro atoms. The van der Waals surface area contributed by atoms with Crippen molar-refractivity contribution in [3.8, 4) is 22.3 Å². The smallest absolute Gasteiger partial charge is 0.0502 e. The second-order valence-corrected chi connectivity index (χ2v) is 18.1. The summed E-state index contributed by atoms with van der Waals surface area (Å²) in [5.74, 6) is 0. The van der Waals surface area contributed by atoms with Crippen LogP contribution >= 0.6 is 0 Å². The van der Waals surface area contributed by atoms with Gasteiger partial charge in [0.05, 0.1) is 22.7 Å². The van der Waals surface area contributed by atoms with Crippen LogP contribution in [0.2, 0.25) is 0 Å². The molecule has 0 aromatic heterocycles. The van der Waals surface area contributed by atoms with E-state index in [4.69, 9.17) is 0 Å². The van der Waals surface area contributed by atoms with Gasteiger partial charge in [0.2, 0.25) is 0 Å². The van der Waals surface area contributed by atoms with Gasteiger partial charge >= 0.3 is 0 Å². The van der Waals surface area contributed by atoms with Crippen molar-refractivity contribution >= 4 is 66.4 Å². The third-order valence-corrected chi connectivity index (χ3v) is 14.0. The van der Waals surface area contributed by atoms with Crippen molar-refractivity contribution in [2.75, 3.05) is 9.80 Å². The summed E-state index contributed by atoms with van der Waals surface area (Å²) in [5, 5.41) is 7.40. The van der Waals surface area contributed by atoms with Crippen molar-refractivity contribution in [2.24, 2.45) is 0 Å². The lowest BCUT2D eigenvalue weighted by Crippen LogP contribution is -2.30. The maximum atomic E-state index is 2.49. The summed E-state index contributed by atoms with van der Waals surface area (Å²) in [4.78, 5) is 4.98. The third kappa shape index (κ3) is 5.23. The normalized spacial score (nSPS) is 14.6.